The molecule has 0 saturated heterocycles. The topological polar surface area (TPSA) is 58.2 Å². The van der Waals surface area contributed by atoms with Crippen molar-refractivity contribution in [1.82, 2.24) is 10.6 Å². The molecule has 2 heterocycles. The van der Waals surface area contributed by atoms with Gasteiger partial charge >= 0.3 is 0 Å². The zero-order valence-corrected chi connectivity index (χ0v) is 15.2. The monoisotopic (exact) mass is 362 g/mol. The first-order valence-corrected chi connectivity index (χ1v) is 10.0. The summed E-state index contributed by atoms with van der Waals surface area (Å²) >= 11 is 3.32. The lowest BCUT2D eigenvalue weighted by atomic mass is 9.84. The van der Waals surface area contributed by atoms with E-state index in [1.165, 1.54) is 17.7 Å². The fraction of sp³-hybridized carbons (Fsp3) is 0.444. The quantitative estimate of drug-likeness (QED) is 0.795. The molecule has 3 rings (SSSR count). The fourth-order valence-corrected chi connectivity index (χ4v) is 4.98. The van der Waals surface area contributed by atoms with E-state index in [0.29, 0.717) is 13.0 Å². The Morgan fingerprint density at radius 2 is 1.75 bits per heavy atom. The van der Waals surface area contributed by atoms with E-state index in [1.807, 2.05) is 17.5 Å². The number of hydrogen-bond donors (Lipinski definition) is 2. The molecule has 0 atom stereocenters. The number of carbonyl (C=O) groups is 2. The van der Waals surface area contributed by atoms with Crippen molar-refractivity contribution in [3.05, 3.63) is 44.8 Å². The lowest BCUT2D eigenvalue weighted by Gasteiger charge is -2.28. The first-order chi connectivity index (χ1) is 11.7. The third-order valence-corrected chi connectivity index (χ3v) is 6.58. The molecule has 128 valence electrons. The Labute approximate surface area is 150 Å². The molecular formula is C18H22N2O2S2. The summed E-state index contributed by atoms with van der Waals surface area (Å²) in [4.78, 5) is 26.3. The van der Waals surface area contributed by atoms with Gasteiger partial charge in [0, 0.05) is 21.7 Å². The summed E-state index contributed by atoms with van der Waals surface area (Å²) in [7, 11) is 0. The van der Waals surface area contributed by atoms with Crippen molar-refractivity contribution >= 4 is 34.5 Å². The maximum atomic E-state index is 12.1. The predicted octanol–water partition coefficient (Wildman–Crippen LogP) is 3.10. The fourth-order valence-electron chi connectivity index (χ4n) is 3.29. The SMILES string of the molecule is O=C(CNC(=O)Cc1cccs1)NCC1(c2cccs2)CCCC1. The van der Waals surface area contributed by atoms with Crippen LogP contribution in [0.15, 0.2) is 35.0 Å². The lowest BCUT2D eigenvalue weighted by Crippen LogP contribution is -2.43. The Bertz CT molecular complexity index is 659. The summed E-state index contributed by atoms with van der Waals surface area (Å²) in [6.45, 7) is 0.706. The molecule has 0 aromatic carbocycles. The van der Waals surface area contributed by atoms with Crippen LogP contribution in [0.2, 0.25) is 0 Å². The second-order valence-electron chi connectivity index (χ2n) is 6.27. The van der Waals surface area contributed by atoms with Crippen LogP contribution in [0.4, 0.5) is 0 Å². The van der Waals surface area contributed by atoms with Gasteiger partial charge in [-0.3, -0.25) is 9.59 Å². The third kappa shape index (κ3) is 4.24. The minimum atomic E-state index is -0.114. The van der Waals surface area contributed by atoms with E-state index in [-0.39, 0.29) is 23.8 Å². The van der Waals surface area contributed by atoms with Gasteiger partial charge in [-0.2, -0.15) is 0 Å². The highest BCUT2D eigenvalue weighted by molar-refractivity contribution is 7.10. The van der Waals surface area contributed by atoms with Gasteiger partial charge < -0.3 is 10.6 Å². The van der Waals surface area contributed by atoms with Crippen LogP contribution in [0, 0.1) is 0 Å². The number of thiophene rings is 2. The summed E-state index contributed by atoms with van der Waals surface area (Å²) in [5.74, 6) is -0.223. The Balaban J connectivity index is 1.45. The molecule has 2 N–H and O–H groups in total. The lowest BCUT2D eigenvalue weighted by molar-refractivity contribution is -0.125. The number of nitrogens with one attached hydrogen (secondary N) is 2. The molecule has 6 heteroatoms. The highest BCUT2D eigenvalue weighted by Gasteiger charge is 2.36. The van der Waals surface area contributed by atoms with Gasteiger partial charge in [0.1, 0.15) is 0 Å². The smallest absolute Gasteiger partial charge is 0.239 e. The largest absolute Gasteiger partial charge is 0.354 e. The van der Waals surface area contributed by atoms with Crippen molar-refractivity contribution in [3.63, 3.8) is 0 Å². The first kappa shape index (κ1) is 17.2. The molecule has 1 saturated carbocycles. The molecule has 24 heavy (non-hydrogen) atoms. The second-order valence-corrected chi connectivity index (χ2v) is 8.25. The van der Waals surface area contributed by atoms with Crippen LogP contribution in [-0.2, 0) is 21.4 Å². The molecular weight excluding hydrogens is 340 g/mol. The van der Waals surface area contributed by atoms with E-state index >= 15 is 0 Å². The minimum Gasteiger partial charge on any atom is -0.354 e. The van der Waals surface area contributed by atoms with Crippen LogP contribution < -0.4 is 10.6 Å². The van der Waals surface area contributed by atoms with Crippen LogP contribution in [0.5, 0.6) is 0 Å². The molecule has 1 aliphatic rings. The maximum Gasteiger partial charge on any atom is 0.239 e. The zero-order chi connectivity index (χ0) is 16.8. The summed E-state index contributed by atoms with van der Waals surface area (Å²) in [6.07, 6.45) is 5.01. The Morgan fingerprint density at radius 3 is 2.42 bits per heavy atom. The average Bonchev–Trinajstić information content (AvgIpc) is 3.32. The van der Waals surface area contributed by atoms with E-state index in [9.17, 15) is 9.59 Å². The molecule has 0 unspecified atom stereocenters. The molecule has 1 aliphatic carbocycles. The third-order valence-electron chi connectivity index (χ3n) is 4.59. The Kier molecular flexibility index (Phi) is 5.68. The van der Waals surface area contributed by atoms with Gasteiger partial charge in [0.2, 0.25) is 11.8 Å². The zero-order valence-electron chi connectivity index (χ0n) is 13.5. The minimum absolute atomic E-state index is 0.0464. The highest BCUT2D eigenvalue weighted by Crippen LogP contribution is 2.42. The molecule has 2 aromatic heterocycles. The van der Waals surface area contributed by atoms with Gasteiger partial charge in [-0.05, 0) is 35.7 Å². The van der Waals surface area contributed by atoms with Crippen LogP contribution in [0.3, 0.4) is 0 Å². The Hall–Kier alpha value is -1.66. The van der Waals surface area contributed by atoms with Crippen LogP contribution in [0.1, 0.15) is 35.4 Å². The average molecular weight is 363 g/mol. The van der Waals surface area contributed by atoms with Gasteiger partial charge in [-0.1, -0.05) is 25.0 Å². The van der Waals surface area contributed by atoms with Crippen LogP contribution in [-0.4, -0.2) is 24.9 Å². The number of amides is 2. The summed E-state index contributed by atoms with van der Waals surface area (Å²) in [6, 6.07) is 8.10. The van der Waals surface area contributed by atoms with Gasteiger partial charge in [-0.15, -0.1) is 22.7 Å². The van der Waals surface area contributed by atoms with E-state index in [4.69, 9.17) is 0 Å². The summed E-state index contributed by atoms with van der Waals surface area (Å²) in [5.41, 5.74) is 0.0881. The Morgan fingerprint density at radius 1 is 1.00 bits per heavy atom. The molecule has 2 amide bonds. The van der Waals surface area contributed by atoms with Gasteiger partial charge in [0.15, 0.2) is 0 Å². The molecule has 2 aromatic rings. The number of hydrogen-bond acceptors (Lipinski definition) is 4. The highest BCUT2D eigenvalue weighted by atomic mass is 32.1. The van der Waals surface area contributed by atoms with E-state index in [1.54, 1.807) is 22.7 Å². The van der Waals surface area contributed by atoms with Crippen LogP contribution in [0.25, 0.3) is 0 Å². The molecule has 4 nitrogen and oxygen atoms in total. The molecule has 0 aliphatic heterocycles. The maximum absolute atomic E-state index is 12.1. The van der Waals surface area contributed by atoms with Crippen molar-refractivity contribution in [2.75, 3.05) is 13.1 Å². The molecule has 0 bridgehead atoms. The molecule has 1 fully saturated rings. The van der Waals surface area contributed by atoms with Gasteiger partial charge in [-0.25, -0.2) is 0 Å². The molecule has 0 radical (unpaired) electrons. The van der Waals surface area contributed by atoms with E-state index in [2.05, 4.69) is 28.1 Å². The van der Waals surface area contributed by atoms with Crippen molar-refractivity contribution in [2.45, 2.75) is 37.5 Å². The summed E-state index contributed by atoms with van der Waals surface area (Å²) < 4.78 is 0. The standard InChI is InChI=1S/C18H22N2O2S2/c21-16(11-14-5-3-9-23-14)19-12-17(22)20-13-18(7-1-2-8-18)15-6-4-10-24-15/h3-6,9-10H,1-2,7-8,11-13H2,(H,19,21)(H,20,22). The molecule has 0 spiro atoms. The van der Waals surface area contributed by atoms with Crippen LogP contribution >= 0.6 is 22.7 Å². The second kappa shape index (κ2) is 7.94. The van der Waals surface area contributed by atoms with Gasteiger partial charge in [0.05, 0.1) is 13.0 Å². The van der Waals surface area contributed by atoms with Crippen molar-refractivity contribution in [1.29, 1.82) is 0 Å². The van der Waals surface area contributed by atoms with Gasteiger partial charge in [0.25, 0.3) is 0 Å². The predicted molar refractivity (Wildman–Crippen MR) is 98.5 cm³/mol. The van der Waals surface area contributed by atoms with E-state index in [0.717, 1.165) is 17.7 Å². The first-order valence-electron chi connectivity index (χ1n) is 8.28. The number of carbonyl (C=O) groups excluding carboxylic acids is 2. The number of rotatable bonds is 7. The van der Waals surface area contributed by atoms with Crippen molar-refractivity contribution in [3.8, 4) is 0 Å². The van der Waals surface area contributed by atoms with Crippen molar-refractivity contribution < 1.29 is 9.59 Å². The summed E-state index contributed by atoms with van der Waals surface area (Å²) in [5, 5.41) is 9.77. The van der Waals surface area contributed by atoms with Crippen molar-refractivity contribution in [2.24, 2.45) is 0 Å². The normalized spacial score (nSPS) is 16.0. The van der Waals surface area contributed by atoms with E-state index < -0.39 is 0 Å².